The molecule has 0 aromatic carbocycles. The number of hydrogen-bond acceptors (Lipinski definition) is 4. The van der Waals surface area contributed by atoms with E-state index in [1.807, 2.05) is 0 Å². The molecule has 96 valence electrons. The SMILES string of the molecule is Br[P+]1(Br)N[P+](Br)(Br)N[P+](Br)(Br)N[P+](Br)(Br)N1. The fraction of sp³-hybridized carbons (Fsp3) is 0. The highest BCUT2D eigenvalue weighted by atomic mass is 80.0. The van der Waals surface area contributed by atoms with Gasteiger partial charge in [0.25, 0.3) is 0 Å². The van der Waals surface area contributed by atoms with Crippen LogP contribution in [0.1, 0.15) is 0 Å². The first kappa shape index (κ1) is 19.4. The average molecular weight is 823 g/mol. The van der Waals surface area contributed by atoms with Gasteiger partial charge in [0.2, 0.25) is 124 Å². The van der Waals surface area contributed by atoms with Crippen molar-refractivity contribution in [3.05, 3.63) is 0 Å². The molecule has 0 atom stereocenters. The molecule has 1 aliphatic heterocycles. The van der Waals surface area contributed by atoms with Crippen molar-refractivity contribution in [3.63, 3.8) is 0 Å². The quantitative estimate of drug-likeness (QED) is 0.186. The first-order valence-electron chi connectivity index (χ1n) is 3.14. The Hall–Kier alpha value is 5.40. The third-order valence-electron chi connectivity index (χ3n) is 1.00. The monoisotopic (exact) mass is 815 g/mol. The molecule has 0 spiro atoms. The molecule has 0 amide bonds. The maximum atomic E-state index is 3.61. The van der Waals surface area contributed by atoms with Gasteiger partial charge in [0.05, 0.1) is 0 Å². The van der Waals surface area contributed by atoms with Crippen LogP contribution in [0.25, 0.3) is 0 Å². The summed E-state index contributed by atoms with van der Waals surface area (Å²) in [5.41, 5.74) is 0. The molecule has 0 bridgehead atoms. The van der Waals surface area contributed by atoms with E-state index in [0.717, 1.165) is 0 Å². The van der Waals surface area contributed by atoms with E-state index in [9.17, 15) is 0 Å². The van der Waals surface area contributed by atoms with Gasteiger partial charge in [-0.2, -0.15) is 0 Å². The zero-order valence-electron chi connectivity index (χ0n) is 6.81. The summed E-state index contributed by atoms with van der Waals surface area (Å²) in [6.07, 6.45) is 0. The minimum atomic E-state index is -1.82. The van der Waals surface area contributed by atoms with E-state index in [0.29, 0.717) is 0 Å². The Kier molecular flexibility index (Phi) is 8.37. The summed E-state index contributed by atoms with van der Waals surface area (Å²) in [5.74, 6) is 0. The summed E-state index contributed by atoms with van der Waals surface area (Å²) < 4.78 is 0. The van der Waals surface area contributed by atoms with Crippen molar-refractivity contribution in [2.24, 2.45) is 0 Å². The van der Waals surface area contributed by atoms with Crippen molar-refractivity contribution in [1.82, 2.24) is 19.4 Å². The second-order valence-corrected chi connectivity index (χ2v) is 46.7. The Morgan fingerprint density at radius 1 is 0.375 bits per heavy atom. The molecule has 0 saturated carbocycles. The summed E-state index contributed by atoms with van der Waals surface area (Å²) in [4.78, 5) is 6.35. The average Bonchev–Trinajstić information content (AvgIpc) is 1.67. The maximum absolute atomic E-state index is 3.61. The Bertz CT molecular complexity index is 205. The van der Waals surface area contributed by atoms with E-state index in [-0.39, 0.29) is 0 Å². The Morgan fingerprint density at radius 2 is 0.500 bits per heavy atom. The molecule has 0 unspecified atom stereocenters. The molecule has 1 rings (SSSR count). The molecule has 4 N–H and O–H groups in total. The Morgan fingerprint density at radius 3 is 0.625 bits per heavy atom. The highest BCUT2D eigenvalue weighted by molar-refractivity contribution is 9.79. The van der Waals surface area contributed by atoms with Crippen LogP contribution >= 0.6 is 144 Å². The largest absolute Gasteiger partial charge is 0.363 e. The van der Waals surface area contributed by atoms with Crippen LogP contribution in [0.4, 0.5) is 0 Å². The zero-order chi connectivity index (χ0) is 12.8. The van der Waals surface area contributed by atoms with Crippen LogP contribution in [0.5, 0.6) is 0 Å². The minimum Gasteiger partial charge on any atom is 0.00803 e. The van der Waals surface area contributed by atoms with E-state index < -0.39 is 19.9 Å². The van der Waals surface area contributed by atoms with Gasteiger partial charge < -0.3 is 0 Å². The zero-order valence-corrected chi connectivity index (χ0v) is 23.1. The van der Waals surface area contributed by atoms with Crippen LogP contribution in [-0.4, -0.2) is 0 Å². The predicted octanol–water partition coefficient (Wildman–Crippen LogP) is 8.23. The van der Waals surface area contributed by atoms with Crippen molar-refractivity contribution >= 4 is 144 Å². The van der Waals surface area contributed by atoms with Crippen molar-refractivity contribution in [1.29, 1.82) is 0 Å². The molecule has 16 heavy (non-hydrogen) atoms. The molecule has 1 fully saturated rings. The molecule has 1 aliphatic rings. The summed E-state index contributed by atoms with van der Waals surface area (Å²) >= 11 is 28.9. The highest BCUT2D eigenvalue weighted by Crippen LogP contribution is 2.94. The third-order valence-corrected chi connectivity index (χ3v) is 31.9. The number of hydrogen-bond donors (Lipinski definition) is 4. The van der Waals surface area contributed by atoms with Gasteiger partial charge in [0.15, 0.2) is 0 Å². The van der Waals surface area contributed by atoms with E-state index in [4.69, 9.17) is 0 Å². The lowest BCUT2D eigenvalue weighted by Crippen LogP contribution is -2.29. The summed E-state index contributed by atoms with van der Waals surface area (Å²) in [7, 11) is 0. The predicted molar refractivity (Wildman–Crippen MR) is 112 cm³/mol. The van der Waals surface area contributed by atoms with Gasteiger partial charge in [-0.25, -0.2) is 0 Å². The first-order valence-corrected chi connectivity index (χ1v) is 26.4. The molecule has 0 radical (unpaired) electrons. The molecular formula is H4Br8N4P4+4. The number of rotatable bonds is 0. The number of nitrogens with one attached hydrogen (secondary N) is 4. The van der Waals surface area contributed by atoms with Gasteiger partial charge in [-0.15, -0.1) is 0 Å². The van der Waals surface area contributed by atoms with E-state index in [1.165, 1.54) is 0 Å². The van der Waals surface area contributed by atoms with Gasteiger partial charge in [-0.05, 0) is 0 Å². The topological polar surface area (TPSA) is 48.1 Å². The van der Waals surface area contributed by atoms with Crippen molar-refractivity contribution < 1.29 is 0 Å². The minimum absolute atomic E-state index is 1.82. The summed E-state index contributed by atoms with van der Waals surface area (Å²) in [6.45, 7) is 0. The Labute approximate surface area is 160 Å². The first-order chi connectivity index (χ1) is 6.83. The van der Waals surface area contributed by atoms with Crippen LogP contribution < -0.4 is 19.4 Å². The van der Waals surface area contributed by atoms with Gasteiger partial charge in [-0.3, -0.25) is 0 Å². The summed E-state index contributed by atoms with van der Waals surface area (Å²) in [6, 6.07) is 0. The third kappa shape index (κ3) is 7.60. The highest BCUT2D eigenvalue weighted by Gasteiger charge is 2.68. The molecule has 16 heteroatoms. The molecule has 1 heterocycles. The molecule has 0 aromatic heterocycles. The van der Waals surface area contributed by atoms with Crippen LogP contribution in [0.15, 0.2) is 0 Å². The van der Waals surface area contributed by atoms with Gasteiger partial charge in [-0.1, -0.05) is 0 Å². The van der Waals surface area contributed by atoms with Crippen molar-refractivity contribution in [2.75, 3.05) is 0 Å². The lowest BCUT2D eigenvalue weighted by atomic mass is 13.8. The van der Waals surface area contributed by atoms with Crippen molar-refractivity contribution in [2.45, 2.75) is 0 Å². The molecular weight excluding hydrogens is 819 g/mol. The normalized spacial score (nSPS) is 31.5. The van der Waals surface area contributed by atoms with E-state index in [1.54, 1.807) is 0 Å². The Balaban J connectivity index is 2.98. The summed E-state index contributed by atoms with van der Waals surface area (Å²) in [5, 5.41) is 0. The van der Waals surface area contributed by atoms with E-state index >= 15 is 0 Å². The van der Waals surface area contributed by atoms with Gasteiger partial charge in [0, 0.05) is 19.4 Å². The van der Waals surface area contributed by atoms with Crippen LogP contribution in [0.3, 0.4) is 0 Å². The number of halogens is 8. The van der Waals surface area contributed by atoms with Gasteiger partial charge >= 0.3 is 19.9 Å². The lowest BCUT2D eigenvalue weighted by molar-refractivity contribution is 1.41. The second-order valence-electron chi connectivity index (χ2n) is 2.46. The fourth-order valence-electron chi connectivity index (χ4n) is 0.720. The molecule has 1 saturated heterocycles. The van der Waals surface area contributed by atoms with Crippen LogP contribution in [-0.2, 0) is 0 Å². The standard InChI is InChI=1S/Br8H4N4P4/c1-13(2)9-14(3,4)11-16(7,8)12-15(5,6)10-13/h9-12H/q+4. The van der Waals surface area contributed by atoms with Crippen LogP contribution in [0.2, 0.25) is 0 Å². The maximum Gasteiger partial charge on any atom is 0.363 e. The van der Waals surface area contributed by atoms with E-state index in [2.05, 4.69) is 143 Å². The lowest BCUT2D eigenvalue weighted by Gasteiger charge is -2.24. The molecule has 4 nitrogen and oxygen atoms in total. The fourth-order valence-corrected chi connectivity index (χ4v) is 73.0. The molecule has 0 aliphatic carbocycles. The smallest absolute Gasteiger partial charge is 0.00803 e. The van der Waals surface area contributed by atoms with Crippen molar-refractivity contribution in [3.8, 4) is 0 Å². The van der Waals surface area contributed by atoms with Crippen LogP contribution in [0, 0.1) is 0 Å². The van der Waals surface area contributed by atoms with Gasteiger partial charge in [0.1, 0.15) is 0 Å². The molecule has 0 aromatic rings. The second kappa shape index (κ2) is 6.88.